The third-order valence-corrected chi connectivity index (χ3v) is 7.29. The van der Waals surface area contributed by atoms with Gasteiger partial charge in [0.1, 0.15) is 5.82 Å². The molecule has 1 aliphatic rings. The van der Waals surface area contributed by atoms with Crippen molar-refractivity contribution < 1.29 is 17.6 Å². The molecule has 156 valence electrons. The van der Waals surface area contributed by atoms with Gasteiger partial charge in [-0.1, -0.05) is 49.6 Å². The SMILES string of the molecule is C[C@@H](NC(=O)CN(C1CCCCC1)S(=O)(=O)c1ccccc1)c1ccc(F)cc1. The summed E-state index contributed by atoms with van der Waals surface area (Å²) in [5.41, 5.74) is 0.759. The van der Waals surface area contributed by atoms with Crippen LogP contribution in [0, 0.1) is 5.82 Å². The second-order valence-electron chi connectivity index (χ2n) is 7.50. The van der Waals surface area contributed by atoms with Crippen LogP contribution in [0.1, 0.15) is 50.6 Å². The van der Waals surface area contributed by atoms with Crippen molar-refractivity contribution >= 4 is 15.9 Å². The van der Waals surface area contributed by atoms with E-state index < -0.39 is 10.0 Å². The Balaban J connectivity index is 1.77. The van der Waals surface area contributed by atoms with E-state index in [1.807, 2.05) is 0 Å². The van der Waals surface area contributed by atoms with Gasteiger partial charge in [0.2, 0.25) is 15.9 Å². The van der Waals surface area contributed by atoms with Gasteiger partial charge in [-0.3, -0.25) is 4.79 Å². The summed E-state index contributed by atoms with van der Waals surface area (Å²) in [6.07, 6.45) is 4.52. The highest BCUT2D eigenvalue weighted by molar-refractivity contribution is 7.89. The number of sulfonamides is 1. The monoisotopic (exact) mass is 418 g/mol. The van der Waals surface area contributed by atoms with Gasteiger partial charge < -0.3 is 5.32 Å². The number of hydrogen-bond donors (Lipinski definition) is 1. The number of halogens is 1. The molecule has 2 aromatic rings. The number of rotatable bonds is 7. The number of nitrogens with one attached hydrogen (secondary N) is 1. The largest absolute Gasteiger partial charge is 0.348 e. The van der Waals surface area contributed by atoms with Crippen LogP contribution in [0.5, 0.6) is 0 Å². The Morgan fingerprint density at radius 1 is 1.07 bits per heavy atom. The van der Waals surface area contributed by atoms with Crippen LogP contribution in [0.25, 0.3) is 0 Å². The van der Waals surface area contributed by atoms with Crippen molar-refractivity contribution in [1.29, 1.82) is 0 Å². The van der Waals surface area contributed by atoms with Crippen molar-refractivity contribution in [2.45, 2.75) is 56.0 Å². The first-order chi connectivity index (χ1) is 13.9. The molecule has 0 spiro atoms. The van der Waals surface area contributed by atoms with E-state index in [9.17, 15) is 17.6 Å². The minimum Gasteiger partial charge on any atom is -0.348 e. The van der Waals surface area contributed by atoms with Gasteiger partial charge in [-0.05, 0) is 49.6 Å². The molecule has 1 N–H and O–H groups in total. The number of nitrogens with zero attached hydrogens (tertiary/aromatic N) is 1. The van der Waals surface area contributed by atoms with Crippen molar-refractivity contribution in [2.75, 3.05) is 6.54 Å². The highest BCUT2D eigenvalue weighted by atomic mass is 32.2. The predicted octanol–water partition coefficient (Wildman–Crippen LogP) is 4.03. The van der Waals surface area contributed by atoms with Crippen molar-refractivity contribution in [3.05, 3.63) is 66.0 Å². The van der Waals surface area contributed by atoms with Crippen molar-refractivity contribution in [2.24, 2.45) is 0 Å². The Labute approximate surface area is 172 Å². The maximum atomic E-state index is 13.3. The summed E-state index contributed by atoms with van der Waals surface area (Å²) in [4.78, 5) is 12.9. The van der Waals surface area contributed by atoms with E-state index in [1.165, 1.54) is 16.4 Å². The van der Waals surface area contributed by atoms with Crippen LogP contribution < -0.4 is 5.32 Å². The van der Waals surface area contributed by atoms with E-state index in [0.717, 1.165) is 37.7 Å². The molecule has 1 fully saturated rings. The summed E-state index contributed by atoms with van der Waals surface area (Å²) in [6, 6.07) is 13.6. The quantitative estimate of drug-likeness (QED) is 0.738. The fourth-order valence-electron chi connectivity index (χ4n) is 3.77. The third kappa shape index (κ3) is 5.42. The summed E-state index contributed by atoms with van der Waals surface area (Å²) < 4.78 is 41.0. The molecule has 1 amide bonds. The van der Waals surface area contributed by atoms with Gasteiger partial charge in [-0.25, -0.2) is 12.8 Å². The zero-order valence-electron chi connectivity index (χ0n) is 16.6. The molecule has 3 rings (SSSR count). The molecule has 0 unspecified atom stereocenters. The van der Waals surface area contributed by atoms with E-state index >= 15 is 0 Å². The summed E-state index contributed by atoms with van der Waals surface area (Å²) in [5, 5.41) is 2.84. The Morgan fingerprint density at radius 3 is 2.31 bits per heavy atom. The molecule has 7 heteroatoms. The fraction of sp³-hybridized carbons (Fsp3) is 0.409. The van der Waals surface area contributed by atoms with Crippen LogP contribution in [-0.4, -0.2) is 31.2 Å². The van der Waals surface area contributed by atoms with Gasteiger partial charge in [-0.15, -0.1) is 0 Å². The Bertz CT molecular complexity index is 911. The molecule has 2 aromatic carbocycles. The summed E-state index contributed by atoms with van der Waals surface area (Å²) in [6.45, 7) is 1.56. The van der Waals surface area contributed by atoms with Crippen LogP contribution in [0.4, 0.5) is 4.39 Å². The second-order valence-corrected chi connectivity index (χ2v) is 9.39. The molecule has 0 heterocycles. The lowest BCUT2D eigenvalue weighted by molar-refractivity contribution is -0.122. The standard InChI is InChI=1S/C22H27FN2O3S/c1-17(18-12-14-19(23)15-13-18)24-22(26)16-25(20-8-4-2-5-9-20)29(27,28)21-10-6-3-7-11-21/h3,6-7,10-15,17,20H,2,4-5,8-9,16H2,1H3,(H,24,26)/t17-/m1/s1. The molecule has 1 atom stereocenters. The first kappa shape index (κ1) is 21.5. The smallest absolute Gasteiger partial charge is 0.243 e. The molecule has 1 aliphatic carbocycles. The Morgan fingerprint density at radius 2 is 1.69 bits per heavy atom. The Hall–Kier alpha value is -2.25. The topological polar surface area (TPSA) is 66.5 Å². The zero-order valence-corrected chi connectivity index (χ0v) is 17.4. The van der Waals surface area contributed by atoms with E-state index in [4.69, 9.17) is 0 Å². The molecule has 5 nitrogen and oxygen atoms in total. The maximum absolute atomic E-state index is 13.3. The van der Waals surface area contributed by atoms with E-state index in [0.29, 0.717) is 0 Å². The minimum absolute atomic E-state index is 0.180. The molecule has 0 saturated heterocycles. The Kier molecular flexibility index (Phi) is 7.03. The molecule has 0 bridgehead atoms. The summed E-state index contributed by atoms with van der Waals surface area (Å²) >= 11 is 0. The van der Waals surface area contributed by atoms with Crippen molar-refractivity contribution in [3.8, 4) is 0 Å². The van der Waals surface area contributed by atoms with E-state index in [-0.39, 0.29) is 35.2 Å². The van der Waals surface area contributed by atoms with Crippen LogP contribution in [0.15, 0.2) is 59.5 Å². The van der Waals surface area contributed by atoms with Crippen molar-refractivity contribution in [1.82, 2.24) is 9.62 Å². The normalized spacial score (nSPS) is 16.5. The fourth-order valence-corrected chi connectivity index (χ4v) is 5.43. The average Bonchev–Trinajstić information content (AvgIpc) is 2.73. The molecular formula is C22H27FN2O3S. The van der Waals surface area contributed by atoms with Crippen LogP contribution in [0.3, 0.4) is 0 Å². The average molecular weight is 419 g/mol. The first-order valence-corrected chi connectivity index (χ1v) is 11.4. The highest BCUT2D eigenvalue weighted by Gasteiger charge is 2.34. The number of carbonyl (C=O) groups is 1. The highest BCUT2D eigenvalue weighted by Crippen LogP contribution is 2.27. The van der Waals surface area contributed by atoms with Gasteiger partial charge in [0.05, 0.1) is 17.5 Å². The molecule has 29 heavy (non-hydrogen) atoms. The number of hydrogen-bond acceptors (Lipinski definition) is 3. The maximum Gasteiger partial charge on any atom is 0.243 e. The zero-order chi connectivity index (χ0) is 20.9. The molecule has 0 radical (unpaired) electrons. The van der Waals surface area contributed by atoms with Gasteiger partial charge in [0.25, 0.3) is 0 Å². The minimum atomic E-state index is -3.78. The lowest BCUT2D eigenvalue weighted by atomic mass is 9.95. The number of amides is 1. The van der Waals surface area contributed by atoms with Gasteiger partial charge in [-0.2, -0.15) is 4.31 Å². The van der Waals surface area contributed by atoms with Crippen LogP contribution in [-0.2, 0) is 14.8 Å². The summed E-state index contributed by atoms with van der Waals surface area (Å²) in [5.74, 6) is -0.711. The molecule has 0 aliphatic heterocycles. The number of carbonyl (C=O) groups excluding carboxylic acids is 1. The van der Waals surface area contributed by atoms with E-state index in [2.05, 4.69) is 5.32 Å². The lowest BCUT2D eigenvalue weighted by Crippen LogP contribution is -2.47. The summed E-state index contributed by atoms with van der Waals surface area (Å²) in [7, 11) is -3.78. The van der Waals surface area contributed by atoms with Gasteiger partial charge in [0, 0.05) is 6.04 Å². The molecule has 0 aromatic heterocycles. The lowest BCUT2D eigenvalue weighted by Gasteiger charge is -2.33. The number of benzene rings is 2. The predicted molar refractivity (Wildman–Crippen MR) is 110 cm³/mol. The van der Waals surface area contributed by atoms with Crippen molar-refractivity contribution in [3.63, 3.8) is 0 Å². The molecule has 1 saturated carbocycles. The first-order valence-electron chi connectivity index (χ1n) is 9.99. The van der Waals surface area contributed by atoms with Gasteiger partial charge >= 0.3 is 0 Å². The third-order valence-electron chi connectivity index (χ3n) is 5.38. The van der Waals surface area contributed by atoms with Crippen LogP contribution in [0.2, 0.25) is 0 Å². The van der Waals surface area contributed by atoms with Crippen LogP contribution >= 0.6 is 0 Å². The molecular weight excluding hydrogens is 391 g/mol. The van der Waals surface area contributed by atoms with Gasteiger partial charge in [0.15, 0.2) is 0 Å². The second kappa shape index (κ2) is 9.50. The van der Waals surface area contributed by atoms with E-state index in [1.54, 1.807) is 49.4 Å².